The first kappa shape index (κ1) is 74.5. The highest BCUT2D eigenvalue weighted by Gasteiger charge is 2.30. The van der Waals surface area contributed by atoms with E-state index in [0.717, 1.165) is 57.8 Å². The van der Waals surface area contributed by atoms with Crippen LogP contribution in [0.2, 0.25) is 0 Å². The Kier molecular flexibility index (Phi) is 55.6. The Hall–Kier alpha value is -1.51. The molecule has 1 amide bonds. The predicted molar refractivity (Wildman–Crippen MR) is 328 cm³/mol. The van der Waals surface area contributed by atoms with E-state index >= 15 is 0 Å². The highest BCUT2D eigenvalue weighted by molar-refractivity contribution is 7.47. The fourth-order valence-electron chi connectivity index (χ4n) is 10.00. The smallest absolute Gasteiger partial charge is 0.456 e. The van der Waals surface area contributed by atoms with E-state index in [1.807, 2.05) is 33.3 Å². The lowest BCUT2D eigenvalue weighted by molar-refractivity contribution is -0.870. The Balaban J connectivity index is 5.14. The van der Waals surface area contributed by atoms with Gasteiger partial charge in [0.1, 0.15) is 19.3 Å². The Morgan fingerprint density at radius 1 is 0.447 bits per heavy atom. The molecule has 9 nitrogen and oxygen atoms in total. The average molecular weight is 1090 g/mol. The maximum Gasteiger partial charge on any atom is 0.472 e. The zero-order valence-corrected chi connectivity index (χ0v) is 52.4. The summed E-state index contributed by atoms with van der Waals surface area (Å²) in [6.45, 7) is 7.06. The zero-order chi connectivity index (χ0) is 55.7. The van der Waals surface area contributed by atoms with Crippen LogP contribution in [-0.2, 0) is 27.9 Å². The summed E-state index contributed by atoms with van der Waals surface area (Å²) in [7, 11) is 1.51. The van der Waals surface area contributed by atoms with E-state index in [2.05, 4.69) is 38.2 Å². The van der Waals surface area contributed by atoms with Crippen LogP contribution in [-0.4, -0.2) is 74.3 Å². The second-order valence-electron chi connectivity index (χ2n) is 24.0. The van der Waals surface area contributed by atoms with Crippen molar-refractivity contribution < 1.29 is 37.3 Å². The number of ether oxygens (including phenoxy) is 1. The lowest BCUT2D eigenvalue weighted by Crippen LogP contribution is -2.47. The van der Waals surface area contributed by atoms with Gasteiger partial charge in [-0.2, -0.15) is 0 Å². The summed E-state index contributed by atoms with van der Waals surface area (Å²) in [5.41, 5.74) is 0. The molecule has 10 heteroatoms. The molecule has 3 atom stereocenters. The van der Waals surface area contributed by atoms with Gasteiger partial charge in [-0.1, -0.05) is 289 Å². The van der Waals surface area contributed by atoms with Crippen LogP contribution in [0.4, 0.5) is 0 Å². The number of allylic oxidation sites excluding steroid dienone is 3. The molecule has 0 fully saturated rings. The third kappa shape index (κ3) is 57.2. The molecule has 0 spiro atoms. The zero-order valence-electron chi connectivity index (χ0n) is 51.5. The summed E-state index contributed by atoms with van der Waals surface area (Å²) < 4.78 is 30.8. The van der Waals surface area contributed by atoms with E-state index in [0.29, 0.717) is 23.9 Å². The number of rotatable bonds is 61. The fraction of sp³-hybridized carbons (Fsp3) is 0.909. The molecule has 3 unspecified atom stereocenters. The number of phosphoric ester groups is 1. The first-order chi connectivity index (χ1) is 36.9. The molecule has 0 aromatic rings. The number of phosphoric acid groups is 1. The van der Waals surface area contributed by atoms with Crippen molar-refractivity contribution in [1.29, 1.82) is 0 Å². The molecule has 0 aliphatic heterocycles. The number of unbranched alkanes of at least 4 members (excludes halogenated alkanes) is 43. The number of esters is 1. The summed E-state index contributed by atoms with van der Waals surface area (Å²) in [5.74, 6) is -0.486. The van der Waals surface area contributed by atoms with E-state index in [9.17, 15) is 19.0 Å². The molecule has 0 aromatic heterocycles. The molecule has 76 heavy (non-hydrogen) atoms. The largest absolute Gasteiger partial charge is 0.472 e. The van der Waals surface area contributed by atoms with E-state index in [-0.39, 0.29) is 25.1 Å². The molecule has 0 aliphatic carbocycles. The molecule has 0 radical (unpaired) electrons. The van der Waals surface area contributed by atoms with Crippen molar-refractivity contribution in [3.63, 3.8) is 0 Å². The standard InChI is InChI=1S/C66H129N2O7P/c1-7-10-13-16-19-22-25-28-30-32-33-34-35-37-38-40-43-46-49-52-55-58-65(69)67-63(62-74-76(71,72)73-61-60-68(4,5)6)64(57-54-51-48-45-42-27-24-21-18-15-12-9-3)75-66(70)59-56-53-50-47-44-41-39-36-31-29-26-23-20-17-14-11-8-2/h28,30,54,57,63-64H,7-27,29,31-53,55-56,58-62H2,1-6H3,(H-,67,69,71,72)/p+1/b30-28+,57-54+. The van der Waals surface area contributed by atoms with E-state index < -0.39 is 20.0 Å². The summed E-state index contributed by atoms with van der Waals surface area (Å²) in [5, 5.41) is 3.07. The second kappa shape index (κ2) is 56.8. The van der Waals surface area contributed by atoms with Gasteiger partial charge in [-0.3, -0.25) is 18.6 Å². The molecule has 0 bridgehead atoms. The molecule has 0 aliphatic rings. The quantitative estimate of drug-likeness (QED) is 0.0205. The van der Waals surface area contributed by atoms with Gasteiger partial charge in [0.25, 0.3) is 0 Å². The highest BCUT2D eigenvalue weighted by Crippen LogP contribution is 2.43. The third-order valence-electron chi connectivity index (χ3n) is 15.1. The molecule has 0 heterocycles. The van der Waals surface area contributed by atoms with Crippen molar-refractivity contribution in [3.8, 4) is 0 Å². The molecule has 0 rings (SSSR count). The monoisotopic (exact) mass is 1090 g/mol. The lowest BCUT2D eigenvalue weighted by Gasteiger charge is -2.27. The number of likely N-dealkylation sites (N-methyl/N-ethyl adjacent to an activating group) is 1. The SMILES string of the molecule is CCCCCCCC/C=C/CCCCCCCCCCCCCC(=O)NC(COP(=O)(O)OCC[N+](C)(C)C)C(/C=C/CCCCCCCCCCCC)OC(=O)CCCCCCCCCCCCCCCCCCC. The highest BCUT2D eigenvalue weighted by atomic mass is 31.2. The number of amides is 1. The van der Waals surface area contributed by atoms with Crippen molar-refractivity contribution in [2.24, 2.45) is 0 Å². The minimum absolute atomic E-state index is 0.0440. The molecule has 0 saturated heterocycles. The van der Waals surface area contributed by atoms with Crippen molar-refractivity contribution in [3.05, 3.63) is 24.3 Å². The van der Waals surface area contributed by atoms with Gasteiger partial charge in [0.05, 0.1) is 33.8 Å². The molecule has 2 N–H and O–H groups in total. The minimum atomic E-state index is -4.44. The van der Waals surface area contributed by atoms with Crippen LogP contribution in [0.3, 0.4) is 0 Å². The van der Waals surface area contributed by atoms with Crippen LogP contribution >= 0.6 is 7.82 Å². The molecular weight excluding hydrogens is 964 g/mol. The van der Waals surface area contributed by atoms with Gasteiger partial charge in [0.15, 0.2) is 0 Å². The molecular formula is C66H130N2O7P+. The van der Waals surface area contributed by atoms with Gasteiger partial charge in [-0.25, -0.2) is 4.57 Å². The van der Waals surface area contributed by atoms with Crippen molar-refractivity contribution in [2.45, 2.75) is 348 Å². The summed E-state index contributed by atoms with van der Waals surface area (Å²) in [4.78, 5) is 37.8. The third-order valence-corrected chi connectivity index (χ3v) is 16.1. The van der Waals surface area contributed by atoms with Crippen molar-refractivity contribution in [1.82, 2.24) is 5.32 Å². The fourth-order valence-corrected chi connectivity index (χ4v) is 10.7. The predicted octanol–water partition coefficient (Wildman–Crippen LogP) is 20.5. The van der Waals surface area contributed by atoms with E-state index in [1.54, 1.807) is 0 Å². The molecule has 0 aromatic carbocycles. The summed E-state index contributed by atoms with van der Waals surface area (Å²) in [6.07, 6.45) is 67.4. The first-order valence-electron chi connectivity index (χ1n) is 33.2. The van der Waals surface area contributed by atoms with Gasteiger partial charge in [-0.05, 0) is 57.4 Å². The van der Waals surface area contributed by atoms with Crippen LogP contribution in [0.5, 0.6) is 0 Å². The van der Waals surface area contributed by atoms with Gasteiger partial charge in [-0.15, -0.1) is 0 Å². The normalized spacial score (nSPS) is 13.7. The van der Waals surface area contributed by atoms with Crippen LogP contribution in [0.1, 0.15) is 335 Å². The molecule has 450 valence electrons. The van der Waals surface area contributed by atoms with Crippen LogP contribution < -0.4 is 5.32 Å². The maximum absolute atomic E-state index is 13.6. The minimum Gasteiger partial charge on any atom is -0.456 e. The Morgan fingerprint density at radius 3 is 1.12 bits per heavy atom. The summed E-state index contributed by atoms with van der Waals surface area (Å²) >= 11 is 0. The maximum atomic E-state index is 13.6. The van der Waals surface area contributed by atoms with E-state index in [4.69, 9.17) is 13.8 Å². The van der Waals surface area contributed by atoms with Crippen LogP contribution in [0.25, 0.3) is 0 Å². The number of hydrogen-bond acceptors (Lipinski definition) is 6. The van der Waals surface area contributed by atoms with Crippen LogP contribution in [0.15, 0.2) is 24.3 Å². The molecule has 0 saturated carbocycles. The first-order valence-corrected chi connectivity index (χ1v) is 34.7. The van der Waals surface area contributed by atoms with E-state index in [1.165, 1.54) is 244 Å². The topological polar surface area (TPSA) is 111 Å². The summed E-state index contributed by atoms with van der Waals surface area (Å²) in [6, 6.07) is -0.843. The lowest BCUT2D eigenvalue weighted by atomic mass is 10.0. The van der Waals surface area contributed by atoms with Gasteiger partial charge >= 0.3 is 13.8 Å². The number of quaternary nitrogens is 1. The number of nitrogens with one attached hydrogen (secondary N) is 1. The number of nitrogens with zero attached hydrogens (tertiary/aromatic N) is 1. The van der Waals surface area contributed by atoms with Gasteiger partial charge < -0.3 is 19.4 Å². The number of carbonyl (C=O) groups is 2. The van der Waals surface area contributed by atoms with Crippen LogP contribution in [0, 0.1) is 0 Å². The Labute approximate surface area is 473 Å². The van der Waals surface area contributed by atoms with Gasteiger partial charge in [0, 0.05) is 12.8 Å². The number of carbonyl (C=O) groups excluding carboxylic acids is 2. The van der Waals surface area contributed by atoms with Crippen molar-refractivity contribution in [2.75, 3.05) is 40.9 Å². The Bertz CT molecular complexity index is 1350. The van der Waals surface area contributed by atoms with Gasteiger partial charge in [0.2, 0.25) is 5.91 Å². The Morgan fingerprint density at radius 2 is 0.763 bits per heavy atom. The number of hydrogen-bond donors (Lipinski definition) is 2. The average Bonchev–Trinajstić information content (AvgIpc) is 3.38. The second-order valence-corrected chi connectivity index (χ2v) is 25.5. The van der Waals surface area contributed by atoms with Crippen molar-refractivity contribution >= 4 is 19.7 Å².